The average molecular weight is 408 g/mol. The number of hydrogen-bond donors (Lipinski definition) is 2. The minimum atomic E-state index is -0.580. The Bertz CT molecular complexity index is 1270. The lowest BCUT2D eigenvalue weighted by molar-refractivity contribution is 0.0940. The molecule has 0 spiro atoms. The number of nitrogens with one attached hydrogen (secondary N) is 2. The van der Waals surface area contributed by atoms with Crippen LogP contribution in [0.2, 0.25) is 0 Å². The third-order valence-electron chi connectivity index (χ3n) is 4.47. The standard InChI is InChI=1S/C20H17FN6O3/c1-30-15-5-3-2-4-13(15)11-27-18-16(25-26-27)19(28)24-17(23-18)20(29)22-10-12-6-8-14(21)9-7-12/h2-9H,10-11H2,1H3,(H,22,29)(H,23,24,28). The summed E-state index contributed by atoms with van der Waals surface area (Å²) in [5.74, 6) is -0.456. The van der Waals surface area contributed by atoms with E-state index in [0.717, 1.165) is 5.56 Å². The van der Waals surface area contributed by atoms with Gasteiger partial charge in [-0.1, -0.05) is 35.5 Å². The highest BCUT2D eigenvalue weighted by Gasteiger charge is 2.17. The zero-order chi connectivity index (χ0) is 21.1. The van der Waals surface area contributed by atoms with Crippen LogP contribution in [0.5, 0.6) is 5.75 Å². The maximum atomic E-state index is 13.0. The first-order valence-electron chi connectivity index (χ1n) is 9.03. The Balaban J connectivity index is 1.60. The molecule has 9 nitrogen and oxygen atoms in total. The molecule has 10 heteroatoms. The Hall–Kier alpha value is -4.08. The van der Waals surface area contributed by atoms with Crippen LogP contribution in [0.25, 0.3) is 11.2 Å². The van der Waals surface area contributed by atoms with Crippen molar-refractivity contribution in [1.29, 1.82) is 0 Å². The van der Waals surface area contributed by atoms with E-state index in [1.807, 2.05) is 24.3 Å². The molecule has 0 radical (unpaired) electrons. The van der Waals surface area contributed by atoms with Crippen LogP contribution in [0.1, 0.15) is 21.7 Å². The van der Waals surface area contributed by atoms with Crippen molar-refractivity contribution in [3.8, 4) is 5.75 Å². The number of methoxy groups -OCH3 is 1. The van der Waals surface area contributed by atoms with Gasteiger partial charge in [0.25, 0.3) is 11.5 Å². The molecule has 0 atom stereocenters. The molecule has 2 aromatic heterocycles. The minimum absolute atomic E-state index is 0.0278. The Morgan fingerprint density at radius 3 is 2.73 bits per heavy atom. The van der Waals surface area contributed by atoms with E-state index in [-0.39, 0.29) is 35.9 Å². The predicted molar refractivity (Wildman–Crippen MR) is 106 cm³/mol. The summed E-state index contributed by atoms with van der Waals surface area (Å²) in [4.78, 5) is 31.5. The zero-order valence-electron chi connectivity index (χ0n) is 15.9. The lowest BCUT2D eigenvalue weighted by atomic mass is 10.2. The normalized spacial score (nSPS) is 10.9. The van der Waals surface area contributed by atoms with Crippen LogP contribution in [0.15, 0.2) is 53.3 Å². The zero-order valence-corrected chi connectivity index (χ0v) is 15.9. The summed E-state index contributed by atoms with van der Waals surface area (Å²) >= 11 is 0. The number of aromatic nitrogens is 5. The van der Waals surface area contributed by atoms with Crippen molar-refractivity contribution in [2.75, 3.05) is 7.11 Å². The SMILES string of the molecule is COc1ccccc1Cn1nnc2c(=O)[nH]c(C(=O)NCc3ccc(F)cc3)nc21. The number of nitrogens with zero attached hydrogens (tertiary/aromatic N) is 4. The van der Waals surface area contributed by atoms with Crippen molar-refractivity contribution < 1.29 is 13.9 Å². The largest absolute Gasteiger partial charge is 0.496 e. The Labute approximate surface area is 169 Å². The van der Waals surface area contributed by atoms with Gasteiger partial charge in [-0.15, -0.1) is 5.10 Å². The van der Waals surface area contributed by atoms with Gasteiger partial charge in [0.05, 0.1) is 13.7 Å². The first-order chi connectivity index (χ1) is 14.5. The van der Waals surface area contributed by atoms with Crippen molar-refractivity contribution in [1.82, 2.24) is 30.3 Å². The van der Waals surface area contributed by atoms with Gasteiger partial charge < -0.3 is 15.0 Å². The molecule has 2 N–H and O–H groups in total. The summed E-state index contributed by atoms with van der Waals surface area (Å²) in [5.41, 5.74) is 1.15. The molecular formula is C20H17FN6O3. The Kier molecular flexibility index (Phi) is 5.21. The number of amides is 1. The molecule has 0 aliphatic carbocycles. The van der Waals surface area contributed by atoms with Crippen LogP contribution in [0.3, 0.4) is 0 Å². The fourth-order valence-corrected chi connectivity index (χ4v) is 2.94. The molecule has 2 aromatic carbocycles. The molecular weight excluding hydrogens is 391 g/mol. The van der Waals surface area contributed by atoms with E-state index < -0.39 is 11.5 Å². The molecule has 0 aliphatic heterocycles. The van der Waals surface area contributed by atoms with Crippen LogP contribution in [-0.4, -0.2) is 38.0 Å². The number of hydrogen-bond acceptors (Lipinski definition) is 6. The molecule has 0 fully saturated rings. The predicted octanol–water partition coefficient (Wildman–Crippen LogP) is 1.64. The monoisotopic (exact) mass is 408 g/mol. The quantitative estimate of drug-likeness (QED) is 0.501. The lowest BCUT2D eigenvalue weighted by Gasteiger charge is -2.08. The number of carbonyl (C=O) groups excluding carboxylic acids is 1. The first kappa shape index (κ1) is 19.2. The van der Waals surface area contributed by atoms with Crippen molar-refractivity contribution in [3.63, 3.8) is 0 Å². The highest BCUT2D eigenvalue weighted by atomic mass is 19.1. The number of fused-ring (bicyclic) bond motifs is 1. The van der Waals surface area contributed by atoms with Crippen LogP contribution in [0.4, 0.5) is 4.39 Å². The second-order valence-corrected chi connectivity index (χ2v) is 6.45. The molecule has 4 rings (SSSR count). The number of aromatic amines is 1. The lowest BCUT2D eigenvalue weighted by Crippen LogP contribution is -2.27. The second kappa shape index (κ2) is 8.11. The first-order valence-corrected chi connectivity index (χ1v) is 9.03. The summed E-state index contributed by atoms with van der Waals surface area (Å²) in [7, 11) is 1.56. The molecule has 152 valence electrons. The van der Waals surface area contributed by atoms with E-state index >= 15 is 0 Å². The Morgan fingerprint density at radius 2 is 1.97 bits per heavy atom. The van der Waals surface area contributed by atoms with Gasteiger partial charge in [-0.2, -0.15) is 0 Å². The van der Waals surface area contributed by atoms with Crippen molar-refractivity contribution in [2.24, 2.45) is 0 Å². The van der Waals surface area contributed by atoms with E-state index in [0.29, 0.717) is 11.3 Å². The van der Waals surface area contributed by atoms with E-state index in [1.165, 1.54) is 16.8 Å². The highest BCUT2D eigenvalue weighted by Crippen LogP contribution is 2.19. The smallest absolute Gasteiger partial charge is 0.287 e. The molecule has 30 heavy (non-hydrogen) atoms. The maximum absolute atomic E-state index is 13.0. The molecule has 0 aliphatic rings. The summed E-state index contributed by atoms with van der Waals surface area (Å²) in [6, 6.07) is 13.1. The topological polar surface area (TPSA) is 115 Å². The van der Waals surface area contributed by atoms with E-state index in [1.54, 1.807) is 19.2 Å². The van der Waals surface area contributed by atoms with Crippen molar-refractivity contribution in [3.05, 3.63) is 81.7 Å². The Morgan fingerprint density at radius 1 is 1.20 bits per heavy atom. The summed E-state index contributed by atoms with van der Waals surface area (Å²) in [5, 5.41) is 10.5. The third kappa shape index (κ3) is 3.88. The van der Waals surface area contributed by atoms with Crippen LogP contribution < -0.4 is 15.6 Å². The number of H-pyrrole nitrogens is 1. The van der Waals surface area contributed by atoms with Gasteiger partial charge in [0.1, 0.15) is 11.6 Å². The van der Waals surface area contributed by atoms with E-state index in [9.17, 15) is 14.0 Å². The van der Waals surface area contributed by atoms with Crippen molar-refractivity contribution in [2.45, 2.75) is 13.1 Å². The van der Waals surface area contributed by atoms with Gasteiger partial charge >= 0.3 is 0 Å². The second-order valence-electron chi connectivity index (χ2n) is 6.45. The molecule has 0 saturated heterocycles. The summed E-state index contributed by atoms with van der Waals surface area (Å²) in [6.07, 6.45) is 0. The number of para-hydroxylation sites is 1. The maximum Gasteiger partial charge on any atom is 0.287 e. The number of benzene rings is 2. The van der Waals surface area contributed by atoms with Crippen LogP contribution >= 0.6 is 0 Å². The number of halogens is 1. The minimum Gasteiger partial charge on any atom is -0.496 e. The third-order valence-corrected chi connectivity index (χ3v) is 4.47. The number of ether oxygens (including phenoxy) is 1. The fraction of sp³-hybridized carbons (Fsp3) is 0.150. The number of rotatable bonds is 6. The molecule has 4 aromatic rings. The fourth-order valence-electron chi connectivity index (χ4n) is 2.94. The van der Waals surface area contributed by atoms with Crippen LogP contribution in [0, 0.1) is 5.82 Å². The van der Waals surface area contributed by atoms with Gasteiger partial charge in [-0.05, 0) is 23.8 Å². The van der Waals surface area contributed by atoms with Gasteiger partial charge in [-0.3, -0.25) is 9.59 Å². The molecule has 0 unspecified atom stereocenters. The van der Waals surface area contributed by atoms with E-state index in [4.69, 9.17) is 4.74 Å². The van der Waals surface area contributed by atoms with Crippen LogP contribution in [-0.2, 0) is 13.1 Å². The molecule has 2 heterocycles. The van der Waals surface area contributed by atoms with Crippen molar-refractivity contribution >= 4 is 17.1 Å². The summed E-state index contributed by atoms with van der Waals surface area (Å²) in [6.45, 7) is 0.410. The van der Waals surface area contributed by atoms with Gasteiger partial charge in [0.2, 0.25) is 5.82 Å². The van der Waals surface area contributed by atoms with Gasteiger partial charge in [0.15, 0.2) is 11.2 Å². The van der Waals surface area contributed by atoms with Gasteiger partial charge in [-0.25, -0.2) is 14.1 Å². The van der Waals surface area contributed by atoms with Gasteiger partial charge in [0, 0.05) is 12.1 Å². The molecule has 0 bridgehead atoms. The molecule has 0 saturated carbocycles. The average Bonchev–Trinajstić information content (AvgIpc) is 3.17. The summed E-state index contributed by atoms with van der Waals surface area (Å²) < 4.78 is 19.8. The van der Waals surface area contributed by atoms with E-state index in [2.05, 4.69) is 25.6 Å². The number of carbonyl (C=O) groups is 1. The molecule has 1 amide bonds. The highest BCUT2D eigenvalue weighted by molar-refractivity contribution is 5.91.